The quantitative estimate of drug-likeness (QED) is 0.512. The maximum absolute atomic E-state index is 5.81. The second-order valence-corrected chi connectivity index (χ2v) is 7.07. The highest BCUT2D eigenvalue weighted by atomic mass is 32.1. The predicted molar refractivity (Wildman–Crippen MR) is 107 cm³/mol. The summed E-state index contributed by atoms with van der Waals surface area (Å²) in [5.41, 5.74) is 3.55. The van der Waals surface area contributed by atoms with Crippen LogP contribution in [-0.4, -0.2) is 22.1 Å². The Morgan fingerprint density at radius 2 is 1.70 bits per heavy atom. The highest BCUT2D eigenvalue weighted by molar-refractivity contribution is 7.22. The molecule has 2 aromatic heterocycles. The van der Waals surface area contributed by atoms with Gasteiger partial charge in [0.25, 0.3) is 0 Å². The van der Waals surface area contributed by atoms with Crippen LogP contribution in [-0.2, 0) is 0 Å². The molecule has 4 rings (SSSR count). The van der Waals surface area contributed by atoms with Crippen LogP contribution < -0.4 is 14.8 Å². The monoisotopic (exact) mass is 378 g/mol. The molecule has 0 amide bonds. The van der Waals surface area contributed by atoms with Gasteiger partial charge in [0.2, 0.25) is 0 Å². The van der Waals surface area contributed by atoms with Crippen molar-refractivity contribution in [1.82, 2.24) is 15.0 Å². The number of fused-ring (bicyclic) bond motifs is 1. The van der Waals surface area contributed by atoms with Gasteiger partial charge in [0.1, 0.15) is 11.5 Å². The fourth-order valence-corrected chi connectivity index (χ4v) is 3.61. The van der Waals surface area contributed by atoms with Gasteiger partial charge in [0.05, 0.1) is 17.3 Å². The number of aromatic nitrogens is 3. The van der Waals surface area contributed by atoms with E-state index in [1.54, 1.807) is 18.4 Å². The molecule has 0 spiro atoms. The molecule has 0 radical (unpaired) electrons. The van der Waals surface area contributed by atoms with Crippen LogP contribution in [0, 0.1) is 13.8 Å². The highest BCUT2D eigenvalue weighted by Crippen LogP contribution is 2.32. The summed E-state index contributed by atoms with van der Waals surface area (Å²) in [5.74, 6) is 1.48. The number of aryl methyl sites for hydroxylation is 2. The number of nitrogens with zero attached hydrogens (tertiary/aromatic N) is 3. The molecule has 1 N–H and O–H groups in total. The van der Waals surface area contributed by atoms with E-state index in [1.807, 2.05) is 62.4 Å². The molecule has 0 aliphatic heterocycles. The minimum Gasteiger partial charge on any atom is -0.497 e. The Morgan fingerprint density at radius 3 is 2.48 bits per heavy atom. The zero-order valence-corrected chi connectivity index (χ0v) is 16.0. The second-order valence-electron chi connectivity index (χ2n) is 6.04. The summed E-state index contributed by atoms with van der Waals surface area (Å²) in [6.45, 7) is 3.84. The number of hydrogen-bond donors (Lipinski definition) is 1. The van der Waals surface area contributed by atoms with E-state index in [0.29, 0.717) is 11.8 Å². The van der Waals surface area contributed by atoms with Gasteiger partial charge in [0.15, 0.2) is 5.13 Å². The van der Waals surface area contributed by atoms with E-state index in [2.05, 4.69) is 20.3 Å². The number of hydrogen-bond acceptors (Lipinski definition) is 7. The van der Waals surface area contributed by atoms with Crippen molar-refractivity contribution in [3.63, 3.8) is 0 Å². The molecule has 0 saturated carbocycles. The van der Waals surface area contributed by atoms with Crippen molar-refractivity contribution in [3.8, 4) is 17.5 Å². The number of thiazole rings is 1. The Labute approximate surface area is 160 Å². The summed E-state index contributed by atoms with van der Waals surface area (Å²) >= 11 is 1.57. The van der Waals surface area contributed by atoms with Crippen molar-refractivity contribution in [3.05, 3.63) is 59.9 Å². The number of benzene rings is 2. The zero-order valence-electron chi connectivity index (χ0n) is 15.2. The molecular weight excluding hydrogens is 360 g/mol. The lowest BCUT2D eigenvalue weighted by Gasteiger charge is -2.08. The fraction of sp³-hybridized carbons (Fsp3) is 0.150. The van der Waals surface area contributed by atoms with Gasteiger partial charge in [0, 0.05) is 23.1 Å². The van der Waals surface area contributed by atoms with Crippen LogP contribution in [0.2, 0.25) is 0 Å². The average Bonchev–Trinajstić information content (AvgIpc) is 3.02. The first-order valence-electron chi connectivity index (χ1n) is 8.41. The molecule has 0 fully saturated rings. The third kappa shape index (κ3) is 3.98. The molecule has 0 aliphatic rings. The standard InChI is InChI=1S/C20H18N4O2S/c1-12-9-13(2)22-19(21-12)26-16-6-4-5-14(10-16)23-20-24-17-8-7-15(25-3)11-18(17)27-20/h4-11H,1-3H3,(H,23,24). The smallest absolute Gasteiger partial charge is 0.322 e. The summed E-state index contributed by atoms with van der Waals surface area (Å²) in [4.78, 5) is 13.2. The fourth-order valence-electron chi connectivity index (χ4n) is 2.69. The minimum atomic E-state index is 0.344. The Hall–Kier alpha value is -3.19. The van der Waals surface area contributed by atoms with E-state index in [-0.39, 0.29) is 0 Å². The van der Waals surface area contributed by atoms with Crippen molar-refractivity contribution in [2.75, 3.05) is 12.4 Å². The molecular formula is C20H18N4O2S. The highest BCUT2D eigenvalue weighted by Gasteiger charge is 2.07. The summed E-state index contributed by atoms with van der Waals surface area (Å²) < 4.78 is 12.1. The molecule has 7 heteroatoms. The van der Waals surface area contributed by atoms with Crippen LogP contribution in [0.1, 0.15) is 11.4 Å². The lowest BCUT2D eigenvalue weighted by Crippen LogP contribution is -1.96. The topological polar surface area (TPSA) is 69.2 Å². The molecule has 27 heavy (non-hydrogen) atoms. The SMILES string of the molecule is COc1ccc2nc(Nc3cccc(Oc4nc(C)cc(C)n4)c3)sc2c1. The predicted octanol–water partition coefficient (Wildman–Crippen LogP) is 5.25. The Bertz CT molecular complexity index is 1090. The number of ether oxygens (including phenoxy) is 2. The molecule has 2 heterocycles. The van der Waals surface area contributed by atoms with Gasteiger partial charge in [-0.25, -0.2) is 15.0 Å². The largest absolute Gasteiger partial charge is 0.497 e. The van der Waals surface area contributed by atoms with E-state index in [0.717, 1.165) is 38.2 Å². The van der Waals surface area contributed by atoms with Gasteiger partial charge < -0.3 is 14.8 Å². The van der Waals surface area contributed by atoms with Crippen LogP contribution in [0.4, 0.5) is 10.8 Å². The van der Waals surface area contributed by atoms with Crippen molar-refractivity contribution < 1.29 is 9.47 Å². The third-order valence-corrected chi connectivity index (χ3v) is 4.79. The normalized spacial score (nSPS) is 10.8. The molecule has 0 bridgehead atoms. The van der Waals surface area contributed by atoms with Crippen LogP contribution in [0.5, 0.6) is 17.5 Å². The number of nitrogens with one attached hydrogen (secondary N) is 1. The first-order chi connectivity index (χ1) is 13.1. The maximum atomic E-state index is 5.81. The summed E-state index contributed by atoms with van der Waals surface area (Å²) in [6.07, 6.45) is 0. The van der Waals surface area contributed by atoms with E-state index >= 15 is 0 Å². The van der Waals surface area contributed by atoms with Gasteiger partial charge in [-0.3, -0.25) is 0 Å². The number of rotatable bonds is 5. The molecule has 136 valence electrons. The molecule has 0 atom stereocenters. The van der Waals surface area contributed by atoms with Gasteiger partial charge in [-0.1, -0.05) is 17.4 Å². The Balaban J connectivity index is 1.55. The summed E-state index contributed by atoms with van der Waals surface area (Å²) in [7, 11) is 1.66. The van der Waals surface area contributed by atoms with E-state index in [4.69, 9.17) is 9.47 Å². The molecule has 2 aromatic carbocycles. The minimum absolute atomic E-state index is 0.344. The van der Waals surface area contributed by atoms with Crippen molar-refractivity contribution >= 4 is 32.4 Å². The number of methoxy groups -OCH3 is 1. The number of anilines is 2. The zero-order chi connectivity index (χ0) is 18.8. The van der Waals surface area contributed by atoms with Crippen LogP contribution >= 0.6 is 11.3 Å². The first kappa shape index (κ1) is 17.2. The average molecular weight is 378 g/mol. The van der Waals surface area contributed by atoms with Crippen molar-refractivity contribution in [1.29, 1.82) is 0 Å². The molecule has 6 nitrogen and oxygen atoms in total. The molecule has 4 aromatic rings. The maximum Gasteiger partial charge on any atom is 0.322 e. The third-order valence-electron chi connectivity index (χ3n) is 3.85. The van der Waals surface area contributed by atoms with Gasteiger partial charge >= 0.3 is 6.01 Å². The van der Waals surface area contributed by atoms with Gasteiger partial charge in [-0.15, -0.1) is 0 Å². The molecule has 0 aliphatic carbocycles. The summed E-state index contributed by atoms with van der Waals surface area (Å²) in [6, 6.07) is 15.7. The van der Waals surface area contributed by atoms with Crippen molar-refractivity contribution in [2.45, 2.75) is 13.8 Å². The molecule has 0 saturated heterocycles. The van der Waals surface area contributed by atoms with Crippen LogP contribution in [0.15, 0.2) is 48.5 Å². The van der Waals surface area contributed by atoms with E-state index in [9.17, 15) is 0 Å². The van der Waals surface area contributed by atoms with Crippen LogP contribution in [0.25, 0.3) is 10.2 Å². The lowest BCUT2D eigenvalue weighted by molar-refractivity contribution is 0.415. The van der Waals surface area contributed by atoms with Gasteiger partial charge in [-0.05, 0) is 50.2 Å². The van der Waals surface area contributed by atoms with Crippen molar-refractivity contribution in [2.24, 2.45) is 0 Å². The Kier molecular flexibility index (Phi) is 4.60. The van der Waals surface area contributed by atoms with Gasteiger partial charge in [-0.2, -0.15) is 0 Å². The summed E-state index contributed by atoms with van der Waals surface area (Å²) in [5, 5.41) is 4.13. The van der Waals surface area contributed by atoms with Crippen LogP contribution in [0.3, 0.4) is 0 Å². The van der Waals surface area contributed by atoms with E-state index in [1.165, 1.54) is 0 Å². The first-order valence-corrected chi connectivity index (χ1v) is 9.22. The molecule has 0 unspecified atom stereocenters. The Morgan fingerprint density at radius 1 is 0.889 bits per heavy atom. The second kappa shape index (κ2) is 7.20. The lowest BCUT2D eigenvalue weighted by atomic mass is 10.3. The van der Waals surface area contributed by atoms with E-state index < -0.39 is 0 Å².